The molecule has 1 aromatic heterocycles. The summed E-state index contributed by atoms with van der Waals surface area (Å²) in [5, 5.41) is 3.50. The van der Waals surface area contributed by atoms with Crippen LogP contribution in [-0.2, 0) is 9.53 Å². The van der Waals surface area contributed by atoms with Gasteiger partial charge in [-0.2, -0.15) is 0 Å². The Kier molecular flexibility index (Phi) is 5.00. The summed E-state index contributed by atoms with van der Waals surface area (Å²) in [5.74, 6) is -0.250. The Morgan fingerprint density at radius 2 is 2.10 bits per heavy atom. The highest BCUT2D eigenvalue weighted by Gasteiger charge is 2.33. The number of aryl methyl sites for hydroxylation is 1. The zero-order valence-corrected chi connectivity index (χ0v) is 13.5. The Morgan fingerprint density at radius 3 is 2.71 bits per heavy atom. The minimum absolute atomic E-state index is 0.0330. The van der Waals surface area contributed by atoms with Gasteiger partial charge in [0.1, 0.15) is 5.00 Å². The van der Waals surface area contributed by atoms with Crippen molar-refractivity contribution in [1.29, 1.82) is 0 Å². The van der Waals surface area contributed by atoms with Gasteiger partial charge in [-0.05, 0) is 44.7 Å². The van der Waals surface area contributed by atoms with Gasteiger partial charge in [0, 0.05) is 10.8 Å². The SMILES string of the molecule is COC(=O)c1c(NC(=O)C2CCCC2CN)sc(C)c1C. The van der Waals surface area contributed by atoms with Crippen molar-refractivity contribution >= 4 is 28.2 Å². The fraction of sp³-hybridized carbons (Fsp3) is 0.600. The summed E-state index contributed by atoms with van der Waals surface area (Å²) >= 11 is 1.42. The molecule has 1 aromatic rings. The second-order valence-electron chi connectivity index (χ2n) is 5.50. The Labute approximate surface area is 128 Å². The van der Waals surface area contributed by atoms with Crippen LogP contribution in [0.4, 0.5) is 5.00 Å². The van der Waals surface area contributed by atoms with Crippen LogP contribution < -0.4 is 11.1 Å². The zero-order chi connectivity index (χ0) is 15.6. The first-order chi connectivity index (χ1) is 9.99. The van der Waals surface area contributed by atoms with E-state index in [1.807, 2.05) is 13.8 Å². The van der Waals surface area contributed by atoms with Crippen LogP contribution in [0.15, 0.2) is 0 Å². The Hall–Kier alpha value is -1.40. The maximum atomic E-state index is 12.5. The van der Waals surface area contributed by atoms with Gasteiger partial charge < -0.3 is 15.8 Å². The lowest BCUT2D eigenvalue weighted by Gasteiger charge is -2.17. The van der Waals surface area contributed by atoms with E-state index < -0.39 is 5.97 Å². The Morgan fingerprint density at radius 1 is 1.38 bits per heavy atom. The molecule has 2 unspecified atom stereocenters. The number of nitrogens with one attached hydrogen (secondary N) is 1. The molecular formula is C15H22N2O3S. The fourth-order valence-corrected chi connectivity index (χ4v) is 3.98. The predicted octanol–water partition coefficient (Wildman–Crippen LogP) is 2.47. The summed E-state index contributed by atoms with van der Waals surface area (Å²) in [5.41, 5.74) is 7.06. The third kappa shape index (κ3) is 3.11. The number of ether oxygens (including phenoxy) is 1. The van der Waals surface area contributed by atoms with Crippen molar-refractivity contribution < 1.29 is 14.3 Å². The number of rotatable bonds is 4. The van der Waals surface area contributed by atoms with E-state index >= 15 is 0 Å². The first-order valence-electron chi connectivity index (χ1n) is 7.18. The average molecular weight is 310 g/mol. The first-order valence-corrected chi connectivity index (χ1v) is 8.00. The van der Waals surface area contributed by atoms with E-state index in [2.05, 4.69) is 5.32 Å². The van der Waals surface area contributed by atoms with Gasteiger partial charge >= 0.3 is 5.97 Å². The monoisotopic (exact) mass is 310 g/mol. The molecule has 1 amide bonds. The highest BCUT2D eigenvalue weighted by atomic mass is 32.1. The minimum atomic E-state index is -0.408. The molecule has 1 fully saturated rings. The largest absolute Gasteiger partial charge is 0.465 e. The number of methoxy groups -OCH3 is 1. The lowest BCUT2D eigenvalue weighted by atomic mass is 9.95. The van der Waals surface area contributed by atoms with Crippen LogP contribution >= 0.6 is 11.3 Å². The van der Waals surface area contributed by atoms with Gasteiger partial charge in [0.15, 0.2) is 0 Å². The van der Waals surface area contributed by atoms with Crippen molar-refractivity contribution in [2.45, 2.75) is 33.1 Å². The molecule has 2 atom stereocenters. The second kappa shape index (κ2) is 6.58. The Balaban J connectivity index is 2.21. The van der Waals surface area contributed by atoms with Crippen molar-refractivity contribution in [2.24, 2.45) is 17.6 Å². The molecule has 1 aliphatic carbocycles. The molecule has 6 heteroatoms. The van der Waals surface area contributed by atoms with E-state index in [-0.39, 0.29) is 17.7 Å². The number of thiophene rings is 1. The third-order valence-corrected chi connectivity index (χ3v) is 5.43. The molecule has 1 aliphatic rings. The minimum Gasteiger partial charge on any atom is -0.465 e. The molecule has 21 heavy (non-hydrogen) atoms. The number of hydrogen-bond donors (Lipinski definition) is 2. The topological polar surface area (TPSA) is 81.4 Å². The smallest absolute Gasteiger partial charge is 0.341 e. The van der Waals surface area contributed by atoms with Crippen LogP contribution in [0.3, 0.4) is 0 Å². The van der Waals surface area contributed by atoms with Crippen molar-refractivity contribution in [3.8, 4) is 0 Å². The maximum absolute atomic E-state index is 12.5. The lowest BCUT2D eigenvalue weighted by Crippen LogP contribution is -2.30. The summed E-state index contributed by atoms with van der Waals surface area (Å²) in [6.45, 7) is 4.33. The highest BCUT2D eigenvalue weighted by Crippen LogP contribution is 2.36. The van der Waals surface area contributed by atoms with E-state index in [9.17, 15) is 9.59 Å². The number of esters is 1. The molecule has 1 saturated carbocycles. The van der Waals surface area contributed by atoms with Crippen molar-refractivity contribution in [2.75, 3.05) is 19.0 Å². The van der Waals surface area contributed by atoms with E-state index in [1.54, 1.807) is 0 Å². The average Bonchev–Trinajstić information content (AvgIpc) is 3.04. The molecular weight excluding hydrogens is 288 g/mol. The van der Waals surface area contributed by atoms with Crippen LogP contribution in [0.25, 0.3) is 0 Å². The molecule has 2 rings (SSSR count). The quantitative estimate of drug-likeness (QED) is 0.837. The number of anilines is 1. The van der Waals surface area contributed by atoms with Crippen LogP contribution in [0.1, 0.15) is 40.1 Å². The van der Waals surface area contributed by atoms with Crippen LogP contribution in [-0.4, -0.2) is 25.5 Å². The van der Waals surface area contributed by atoms with Gasteiger partial charge in [0.05, 0.1) is 12.7 Å². The van der Waals surface area contributed by atoms with E-state index in [4.69, 9.17) is 10.5 Å². The van der Waals surface area contributed by atoms with Gasteiger partial charge in [-0.1, -0.05) is 6.42 Å². The molecule has 1 heterocycles. The lowest BCUT2D eigenvalue weighted by molar-refractivity contribution is -0.120. The summed E-state index contributed by atoms with van der Waals surface area (Å²) in [4.78, 5) is 25.4. The molecule has 0 bridgehead atoms. The van der Waals surface area contributed by atoms with E-state index in [0.29, 0.717) is 17.1 Å². The van der Waals surface area contributed by atoms with Gasteiger partial charge in [-0.25, -0.2) is 4.79 Å². The molecule has 5 nitrogen and oxygen atoms in total. The molecule has 0 aromatic carbocycles. The predicted molar refractivity (Wildman–Crippen MR) is 83.6 cm³/mol. The number of amides is 1. The van der Waals surface area contributed by atoms with Gasteiger partial charge in [0.25, 0.3) is 0 Å². The summed E-state index contributed by atoms with van der Waals surface area (Å²) in [6.07, 6.45) is 2.90. The van der Waals surface area contributed by atoms with Crippen LogP contribution in [0.5, 0.6) is 0 Å². The normalized spacial score (nSPS) is 21.3. The molecule has 116 valence electrons. The van der Waals surface area contributed by atoms with Gasteiger partial charge in [0.2, 0.25) is 5.91 Å². The second-order valence-corrected chi connectivity index (χ2v) is 6.73. The first kappa shape index (κ1) is 16.0. The van der Waals surface area contributed by atoms with E-state index in [1.165, 1.54) is 18.4 Å². The van der Waals surface area contributed by atoms with Gasteiger partial charge in [-0.15, -0.1) is 11.3 Å². The number of hydrogen-bond acceptors (Lipinski definition) is 5. The van der Waals surface area contributed by atoms with Crippen LogP contribution in [0.2, 0.25) is 0 Å². The summed E-state index contributed by atoms with van der Waals surface area (Å²) in [7, 11) is 1.35. The molecule has 0 radical (unpaired) electrons. The maximum Gasteiger partial charge on any atom is 0.341 e. The molecule has 3 N–H and O–H groups in total. The Bertz CT molecular complexity index is 553. The van der Waals surface area contributed by atoms with Crippen molar-refractivity contribution in [3.63, 3.8) is 0 Å². The van der Waals surface area contributed by atoms with Crippen molar-refractivity contribution in [1.82, 2.24) is 0 Å². The van der Waals surface area contributed by atoms with Crippen molar-refractivity contribution in [3.05, 3.63) is 16.0 Å². The van der Waals surface area contributed by atoms with Gasteiger partial charge in [-0.3, -0.25) is 4.79 Å². The van der Waals surface area contributed by atoms with Crippen LogP contribution in [0, 0.1) is 25.7 Å². The third-order valence-electron chi connectivity index (χ3n) is 4.31. The summed E-state index contributed by atoms with van der Waals surface area (Å²) < 4.78 is 4.82. The molecule has 0 spiro atoms. The molecule has 0 aliphatic heterocycles. The number of carbonyl (C=O) groups is 2. The number of nitrogens with two attached hydrogens (primary N) is 1. The summed E-state index contributed by atoms with van der Waals surface area (Å²) in [6, 6.07) is 0. The number of carbonyl (C=O) groups excluding carboxylic acids is 2. The standard InChI is InChI=1S/C15H22N2O3S/c1-8-9(2)21-14(12(8)15(19)20-3)17-13(18)11-6-4-5-10(11)7-16/h10-11H,4-7,16H2,1-3H3,(H,17,18). The van der Waals surface area contributed by atoms with E-state index in [0.717, 1.165) is 29.7 Å². The highest BCUT2D eigenvalue weighted by molar-refractivity contribution is 7.16. The zero-order valence-electron chi connectivity index (χ0n) is 12.7. The molecule has 0 saturated heterocycles. The fourth-order valence-electron chi connectivity index (χ4n) is 2.93.